The first kappa shape index (κ1) is 17.2. The Morgan fingerprint density at radius 2 is 2.19 bits per heavy atom. The van der Waals surface area contributed by atoms with Crippen molar-refractivity contribution in [3.8, 4) is 28.6 Å². The highest BCUT2D eigenvalue weighted by Gasteiger charge is 2.25. The van der Waals surface area contributed by atoms with Gasteiger partial charge in [0.2, 0.25) is 11.7 Å². The van der Waals surface area contributed by atoms with Crippen molar-refractivity contribution in [3.63, 3.8) is 0 Å². The lowest BCUT2D eigenvalue weighted by Gasteiger charge is -2.29. The van der Waals surface area contributed by atoms with E-state index in [0.717, 1.165) is 40.1 Å². The van der Waals surface area contributed by atoms with Crippen LogP contribution in [0.5, 0.6) is 5.75 Å². The van der Waals surface area contributed by atoms with Crippen LogP contribution in [0.25, 0.3) is 22.8 Å². The first-order valence-electron chi connectivity index (χ1n) is 8.78. The first-order valence-corrected chi connectivity index (χ1v) is 8.78. The minimum absolute atomic E-state index is 0.0719. The van der Waals surface area contributed by atoms with Crippen molar-refractivity contribution in [3.05, 3.63) is 47.3 Å². The number of aryl methyl sites for hydroxylation is 1. The van der Waals surface area contributed by atoms with Crippen LogP contribution in [-0.2, 0) is 17.8 Å². The highest BCUT2D eigenvalue weighted by atomic mass is 16.5. The van der Waals surface area contributed by atoms with Crippen LogP contribution < -0.4 is 4.74 Å². The Morgan fingerprint density at radius 3 is 2.96 bits per heavy atom. The number of carbonyl (C=O) groups is 1. The molecule has 7 heteroatoms. The third-order valence-corrected chi connectivity index (χ3v) is 4.87. The van der Waals surface area contributed by atoms with Crippen LogP contribution in [0.1, 0.15) is 23.7 Å². The van der Waals surface area contributed by atoms with Gasteiger partial charge in [-0.3, -0.25) is 9.78 Å². The molecule has 0 bridgehead atoms. The second kappa shape index (κ2) is 6.83. The van der Waals surface area contributed by atoms with Crippen molar-refractivity contribution in [2.45, 2.75) is 26.8 Å². The Bertz CT molecular complexity index is 1010. The number of amides is 1. The first-order chi connectivity index (χ1) is 13.1. The lowest BCUT2D eigenvalue weighted by Crippen LogP contribution is -2.34. The lowest BCUT2D eigenvalue weighted by atomic mass is 9.94. The summed E-state index contributed by atoms with van der Waals surface area (Å²) in [5.41, 5.74) is 4.71. The van der Waals surface area contributed by atoms with Crippen LogP contribution in [0.2, 0.25) is 0 Å². The van der Waals surface area contributed by atoms with E-state index in [1.807, 2.05) is 42.3 Å². The molecule has 0 saturated heterocycles. The fourth-order valence-electron chi connectivity index (χ4n) is 3.41. The van der Waals surface area contributed by atoms with Gasteiger partial charge in [-0.05, 0) is 42.7 Å². The van der Waals surface area contributed by atoms with Gasteiger partial charge in [0, 0.05) is 43.0 Å². The maximum atomic E-state index is 11.7. The molecule has 0 atom stereocenters. The molecule has 1 amide bonds. The Balaban J connectivity index is 1.74. The third-order valence-electron chi connectivity index (χ3n) is 4.87. The molecule has 1 aliphatic rings. The van der Waals surface area contributed by atoms with E-state index < -0.39 is 0 Å². The second-order valence-corrected chi connectivity index (χ2v) is 6.57. The predicted molar refractivity (Wildman–Crippen MR) is 99.0 cm³/mol. The summed E-state index contributed by atoms with van der Waals surface area (Å²) in [4.78, 5) is 22.6. The zero-order valence-electron chi connectivity index (χ0n) is 15.5. The van der Waals surface area contributed by atoms with Crippen LogP contribution in [0, 0.1) is 6.92 Å². The molecule has 0 radical (unpaired) electrons. The van der Waals surface area contributed by atoms with Crippen molar-refractivity contribution in [2.24, 2.45) is 0 Å². The molecule has 138 valence electrons. The lowest BCUT2D eigenvalue weighted by molar-refractivity contribution is -0.129. The van der Waals surface area contributed by atoms with E-state index in [9.17, 15) is 4.79 Å². The number of ether oxygens (including phenoxy) is 1. The number of fused-ring (bicyclic) bond motifs is 1. The summed E-state index contributed by atoms with van der Waals surface area (Å²) >= 11 is 0. The van der Waals surface area contributed by atoms with Gasteiger partial charge in [-0.2, -0.15) is 4.98 Å². The Morgan fingerprint density at radius 1 is 1.33 bits per heavy atom. The molecule has 0 spiro atoms. The van der Waals surface area contributed by atoms with Gasteiger partial charge >= 0.3 is 0 Å². The normalized spacial score (nSPS) is 13.4. The van der Waals surface area contributed by atoms with E-state index in [1.54, 1.807) is 14.0 Å². The molecule has 1 aromatic carbocycles. The molecule has 0 N–H and O–H groups in total. The number of rotatable bonds is 3. The molecule has 3 heterocycles. The molecule has 7 nitrogen and oxygen atoms in total. The molecule has 3 aromatic rings. The highest BCUT2D eigenvalue weighted by Crippen LogP contribution is 2.32. The van der Waals surface area contributed by atoms with Crippen molar-refractivity contribution >= 4 is 5.91 Å². The smallest absolute Gasteiger partial charge is 0.258 e. The summed E-state index contributed by atoms with van der Waals surface area (Å²) < 4.78 is 10.8. The number of pyridine rings is 1. The molecular formula is C20H20N4O3. The van der Waals surface area contributed by atoms with E-state index in [1.165, 1.54) is 0 Å². The quantitative estimate of drug-likeness (QED) is 0.711. The zero-order chi connectivity index (χ0) is 19.0. The average Bonchev–Trinajstić information content (AvgIpc) is 3.17. The minimum atomic E-state index is 0.0719. The number of nitrogens with zero attached hydrogens (tertiary/aromatic N) is 4. The molecular weight excluding hydrogens is 344 g/mol. The fraction of sp³-hybridized carbons (Fsp3) is 0.300. The summed E-state index contributed by atoms with van der Waals surface area (Å²) in [6, 6.07) is 7.50. The van der Waals surface area contributed by atoms with E-state index >= 15 is 0 Å². The highest BCUT2D eigenvalue weighted by molar-refractivity contribution is 5.74. The van der Waals surface area contributed by atoms with Gasteiger partial charge in [0.15, 0.2) is 0 Å². The largest absolute Gasteiger partial charge is 0.497 e. The molecule has 0 fully saturated rings. The van der Waals surface area contributed by atoms with Crippen LogP contribution in [0.15, 0.2) is 35.0 Å². The maximum Gasteiger partial charge on any atom is 0.258 e. The number of benzene rings is 1. The summed E-state index contributed by atoms with van der Waals surface area (Å²) in [7, 11) is 1.62. The number of aromatic nitrogens is 3. The van der Waals surface area contributed by atoms with E-state index in [2.05, 4.69) is 15.1 Å². The van der Waals surface area contributed by atoms with E-state index in [-0.39, 0.29) is 5.91 Å². The zero-order valence-corrected chi connectivity index (χ0v) is 15.5. The SMILES string of the molecule is COc1cccc(-c2nc(-c3c(C)ncc4c3CCN(C(C)=O)C4)no2)c1. The minimum Gasteiger partial charge on any atom is -0.497 e. The molecule has 0 aliphatic carbocycles. The van der Waals surface area contributed by atoms with Crippen molar-refractivity contribution < 1.29 is 14.1 Å². The molecule has 1 aliphatic heterocycles. The van der Waals surface area contributed by atoms with Crippen LogP contribution in [-0.4, -0.2) is 39.6 Å². The third kappa shape index (κ3) is 3.16. The fourth-order valence-corrected chi connectivity index (χ4v) is 3.41. The van der Waals surface area contributed by atoms with Crippen molar-refractivity contribution in [2.75, 3.05) is 13.7 Å². The van der Waals surface area contributed by atoms with Gasteiger partial charge in [0.25, 0.3) is 5.89 Å². The number of hydrogen-bond donors (Lipinski definition) is 0. The van der Waals surface area contributed by atoms with Gasteiger partial charge in [0.05, 0.1) is 7.11 Å². The predicted octanol–water partition coefficient (Wildman–Crippen LogP) is 3.02. The Labute approximate surface area is 157 Å². The summed E-state index contributed by atoms with van der Waals surface area (Å²) in [5, 5.41) is 4.19. The van der Waals surface area contributed by atoms with Gasteiger partial charge in [-0.25, -0.2) is 0 Å². The summed E-state index contributed by atoms with van der Waals surface area (Å²) in [6.07, 6.45) is 2.59. The number of hydrogen-bond acceptors (Lipinski definition) is 6. The summed E-state index contributed by atoms with van der Waals surface area (Å²) in [5.74, 6) is 1.75. The number of carbonyl (C=O) groups excluding carboxylic acids is 1. The average molecular weight is 364 g/mol. The number of methoxy groups -OCH3 is 1. The van der Waals surface area contributed by atoms with E-state index in [4.69, 9.17) is 9.26 Å². The molecule has 4 rings (SSSR count). The van der Waals surface area contributed by atoms with Crippen molar-refractivity contribution in [1.29, 1.82) is 0 Å². The molecule has 2 aromatic heterocycles. The van der Waals surface area contributed by atoms with Gasteiger partial charge in [0.1, 0.15) is 5.75 Å². The molecule has 0 saturated carbocycles. The van der Waals surface area contributed by atoms with E-state index in [0.29, 0.717) is 24.8 Å². The monoisotopic (exact) mass is 364 g/mol. The topological polar surface area (TPSA) is 81.4 Å². The molecule has 0 unspecified atom stereocenters. The van der Waals surface area contributed by atoms with Crippen LogP contribution in [0.4, 0.5) is 0 Å². The second-order valence-electron chi connectivity index (χ2n) is 6.57. The molecule has 27 heavy (non-hydrogen) atoms. The standard InChI is InChI=1S/C20H20N4O3/c1-12-18(17-7-8-24(13(2)25)11-15(17)10-21-12)19-22-20(27-23-19)14-5-4-6-16(9-14)26-3/h4-6,9-10H,7-8,11H2,1-3H3. The van der Waals surface area contributed by atoms with Gasteiger partial charge < -0.3 is 14.2 Å². The maximum absolute atomic E-state index is 11.7. The van der Waals surface area contributed by atoms with Gasteiger partial charge in [-0.1, -0.05) is 11.2 Å². The van der Waals surface area contributed by atoms with Gasteiger partial charge in [-0.15, -0.1) is 0 Å². The Hall–Kier alpha value is -3.22. The van der Waals surface area contributed by atoms with Crippen LogP contribution in [0.3, 0.4) is 0 Å². The summed E-state index contributed by atoms with van der Waals surface area (Å²) in [6.45, 7) is 4.77. The van der Waals surface area contributed by atoms with Crippen LogP contribution >= 0.6 is 0 Å². The van der Waals surface area contributed by atoms with Crippen molar-refractivity contribution in [1.82, 2.24) is 20.0 Å². The Kier molecular flexibility index (Phi) is 4.35.